The first-order chi connectivity index (χ1) is 14.3. The van der Waals surface area contributed by atoms with E-state index in [9.17, 15) is 13.2 Å². The maximum Gasteiger partial charge on any atom is 0.385 e. The summed E-state index contributed by atoms with van der Waals surface area (Å²) >= 11 is 0. The first kappa shape index (κ1) is 20.2. The van der Waals surface area contributed by atoms with Crippen LogP contribution in [0, 0.1) is 13.8 Å². The van der Waals surface area contributed by atoms with Gasteiger partial charge in [0.1, 0.15) is 5.75 Å². The second kappa shape index (κ2) is 7.97. The van der Waals surface area contributed by atoms with Crippen molar-refractivity contribution in [2.45, 2.75) is 26.8 Å². The summed E-state index contributed by atoms with van der Waals surface area (Å²) in [4.78, 5) is 12.5. The van der Waals surface area contributed by atoms with Gasteiger partial charge >= 0.3 is 10.3 Å². The number of nitrogens with zero attached hydrogens (tertiary/aromatic N) is 2. The zero-order valence-corrected chi connectivity index (χ0v) is 17.6. The highest BCUT2D eigenvalue weighted by Gasteiger charge is 2.28. The van der Waals surface area contributed by atoms with Crippen LogP contribution in [0.3, 0.4) is 0 Å². The van der Waals surface area contributed by atoms with Crippen molar-refractivity contribution >= 4 is 16.2 Å². The zero-order chi connectivity index (χ0) is 21.3. The average molecular weight is 426 g/mol. The molecule has 1 N–H and O–H groups in total. The molecule has 1 amide bonds. The van der Waals surface area contributed by atoms with Gasteiger partial charge in [-0.1, -0.05) is 24.3 Å². The maximum atomic E-state index is 12.7. The smallest absolute Gasteiger partial charge is 0.371 e. The van der Waals surface area contributed by atoms with Gasteiger partial charge in [-0.3, -0.25) is 14.9 Å². The highest BCUT2D eigenvalue weighted by Crippen LogP contribution is 2.23. The van der Waals surface area contributed by atoms with Crippen molar-refractivity contribution in [1.29, 1.82) is 0 Å². The quantitative estimate of drug-likeness (QED) is 0.681. The van der Waals surface area contributed by atoms with Gasteiger partial charge in [-0.2, -0.15) is 12.7 Å². The number of fused-ring (bicyclic) bond motifs is 1. The van der Waals surface area contributed by atoms with E-state index in [1.807, 2.05) is 50.2 Å². The molecule has 7 nitrogen and oxygen atoms in total. The molecule has 1 aromatic heterocycles. The Morgan fingerprint density at radius 2 is 1.57 bits per heavy atom. The van der Waals surface area contributed by atoms with Crippen LogP contribution < -0.4 is 9.61 Å². The first-order valence-electron chi connectivity index (χ1n) is 9.66. The molecular weight excluding hydrogens is 402 g/mol. The number of hydrogen-bond acceptors (Lipinski definition) is 4. The highest BCUT2D eigenvalue weighted by atomic mass is 32.2. The maximum absolute atomic E-state index is 12.7. The number of aryl methyl sites for hydroxylation is 2. The number of nitrogens with one attached hydrogen (secondary N) is 1. The Hall–Kier alpha value is -3.10. The van der Waals surface area contributed by atoms with Crippen molar-refractivity contribution in [1.82, 2.24) is 8.98 Å². The van der Waals surface area contributed by atoms with Crippen molar-refractivity contribution in [3.05, 3.63) is 88.7 Å². The molecule has 0 radical (unpaired) electrons. The second-order valence-corrected chi connectivity index (χ2v) is 8.85. The lowest BCUT2D eigenvalue weighted by Gasteiger charge is -2.27. The molecule has 2 heterocycles. The van der Waals surface area contributed by atoms with E-state index in [4.69, 9.17) is 4.18 Å². The molecule has 3 aromatic rings. The summed E-state index contributed by atoms with van der Waals surface area (Å²) in [6, 6.07) is 17.7. The topological polar surface area (TPSA) is 80.6 Å². The Kier molecular flexibility index (Phi) is 5.36. The molecular formula is C22H23N3O4S. The molecule has 0 aliphatic carbocycles. The van der Waals surface area contributed by atoms with Crippen LogP contribution in [0.1, 0.15) is 32.9 Å². The van der Waals surface area contributed by atoms with Crippen LogP contribution >= 0.6 is 0 Å². The van der Waals surface area contributed by atoms with E-state index in [2.05, 4.69) is 5.43 Å². The van der Waals surface area contributed by atoms with Gasteiger partial charge in [0.15, 0.2) is 0 Å². The van der Waals surface area contributed by atoms with Crippen molar-refractivity contribution < 1.29 is 17.4 Å². The monoisotopic (exact) mass is 425 g/mol. The molecule has 1 aliphatic rings. The zero-order valence-electron chi connectivity index (χ0n) is 16.8. The number of aromatic nitrogens is 1. The molecule has 156 valence electrons. The summed E-state index contributed by atoms with van der Waals surface area (Å²) in [6.07, 6.45) is 0.649. The number of benzene rings is 2. The second-order valence-electron chi connectivity index (χ2n) is 7.31. The number of carbonyl (C=O) groups excluding carboxylic acids is 1. The number of rotatable bonds is 5. The molecule has 0 saturated heterocycles. The summed E-state index contributed by atoms with van der Waals surface area (Å²) in [5.41, 5.74) is 7.18. The van der Waals surface area contributed by atoms with Gasteiger partial charge < -0.3 is 4.18 Å². The minimum absolute atomic E-state index is 0.165. The van der Waals surface area contributed by atoms with Gasteiger partial charge in [0.25, 0.3) is 5.91 Å². The predicted molar refractivity (Wildman–Crippen MR) is 114 cm³/mol. The Balaban J connectivity index is 1.43. The molecule has 8 heteroatoms. The van der Waals surface area contributed by atoms with Crippen LogP contribution in [0.2, 0.25) is 0 Å². The lowest BCUT2D eigenvalue weighted by atomic mass is 10.0. The van der Waals surface area contributed by atoms with Gasteiger partial charge in [0.05, 0.1) is 0 Å². The van der Waals surface area contributed by atoms with Crippen molar-refractivity contribution in [2.75, 3.05) is 12.0 Å². The standard InChI is InChI=1S/C22H23N3O4S/c1-16-7-8-17(2)25(16)23-22(26)19-9-11-21(12-10-19)29-30(27,28)24-14-13-18-5-3-4-6-20(18)15-24/h3-12H,13-15H2,1-2H3,(H,23,26). The van der Waals surface area contributed by atoms with Crippen molar-refractivity contribution in [2.24, 2.45) is 0 Å². The Morgan fingerprint density at radius 3 is 2.23 bits per heavy atom. The van der Waals surface area contributed by atoms with Crippen molar-refractivity contribution in [3.63, 3.8) is 0 Å². The van der Waals surface area contributed by atoms with Crippen molar-refractivity contribution in [3.8, 4) is 5.75 Å². The minimum Gasteiger partial charge on any atom is -0.371 e. The van der Waals surface area contributed by atoms with Crippen LogP contribution in [0.5, 0.6) is 5.75 Å². The van der Waals surface area contributed by atoms with E-state index in [-0.39, 0.29) is 18.2 Å². The largest absolute Gasteiger partial charge is 0.385 e. The Labute approximate surface area is 176 Å². The predicted octanol–water partition coefficient (Wildman–Crippen LogP) is 3.17. The minimum atomic E-state index is -3.94. The fraction of sp³-hybridized carbons (Fsp3) is 0.227. The van der Waals surface area contributed by atoms with Gasteiger partial charge in [-0.05, 0) is 67.8 Å². The number of carbonyl (C=O) groups is 1. The molecule has 0 unspecified atom stereocenters. The molecule has 0 saturated carbocycles. The SMILES string of the molecule is Cc1ccc(C)n1NC(=O)c1ccc(OS(=O)(=O)N2CCc3ccccc3C2)cc1. The van der Waals surface area contributed by atoms with Crippen LogP contribution in [0.4, 0.5) is 0 Å². The van der Waals surface area contributed by atoms with Gasteiger partial charge in [-0.15, -0.1) is 0 Å². The van der Waals surface area contributed by atoms with Crippen LogP contribution in [0.15, 0.2) is 60.7 Å². The normalized spacial score (nSPS) is 14.2. The first-order valence-corrected chi connectivity index (χ1v) is 11.0. The summed E-state index contributed by atoms with van der Waals surface area (Å²) < 4.78 is 33.7. The van der Waals surface area contributed by atoms with Gasteiger partial charge in [0, 0.05) is 30.0 Å². The van der Waals surface area contributed by atoms with Crippen LogP contribution in [0.25, 0.3) is 0 Å². The van der Waals surface area contributed by atoms with E-state index in [1.54, 1.807) is 16.8 Å². The fourth-order valence-electron chi connectivity index (χ4n) is 3.51. The molecule has 0 spiro atoms. The van der Waals surface area contributed by atoms with E-state index >= 15 is 0 Å². The lowest BCUT2D eigenvalue weighted by Crippen LogP contribution is -2.38. The van der Waals surface area contributed by atoms with Crippen LogP contribution in [-0.4, -0.2) is 29.9 Å². The van der Waals surface area contributed by atoms with Crippen LogP contribution in [-0.2, 0) is 23.3 Å². The van der Waals surface area contributed by atoms with E-state index < -0.39 is 10.3 Å². The van der Waals surface area contributed by atoms with E-state index in [1.165, 1.54) is 16.4 Å². The highest BCUT2D eigenvalue weighted by molar-refractivity contribution is 7.84. The van der Waals surface area contributed by atoms with E-state index in [0.717, 1.165) is 22.5 Å². The summed E-state index contributed by atoms with van der Waals surface area (Å²) in [6.45, 7) is 4.45. The van der Waals surface area contributed by atoms with E-state index in [0.29, 0.717) is 18.5 Å². The third-order valence-electron chi connectivity index (χ3n) is 5.21. The lowest BCUT2D eigenvalue weighted by molar-refractivity contribution is 0.101. The third kappa shape index (κ3) is 4.10. The molecule has 30 heavy (non-hydrogen) atoms. The molecule has 1 aliphatic heterocycles. The Morgan fingerprint density at radius 1 is 0.933 bits per heavy atom. The fourth-order valence-corrected chi connectivity index (χ4v) is 4.58. The third-order valence-corrected chi connectivity index (χ3v) is 6.56. The summed E-state index contributed by atoms with van der Waals surface area (Å²) in [7, 11) is -3.94. The number of amides is 1. The number of hydrogen-bond donors (Lipinski definition) is 1. The summed E-state index contributed by atoms with van der Waals surface area (Å²) in [5, 5.41) is 0. The average Bonchev–Trinajstić information content (AvgIpc) is 3.05. The molecule has 2 aromatic carbocycles. The molecule has 0 bridgehead atoms. The van der Waals surface area contributed by atoms with Gasteiger partial charge in [-0.25, -0.2) is 0 Å². The van der Waals surface area contributed by atoms with Gasteiger partial charge in [0.2, 0.25) is 0 Å². The summed E-state index contributed by atoms with van der Waals surface area (Å²) in [5.74, 6) is -0.127. The molecule has 4 rings (SSSR count). The Bertz CT molecular complexity index is 1160. The molecule has 0 atom stereocenters. The molecule has 0 fully saturated rings.